The molecule has 10 heteroatoms. The topological polar surface area (TPSA) is 78.9 Å². The van der Waals surface area contributed by atoms with Gasteiger partial charge in [0.2, 0.25) is 5.91 Å². The Morgan fingerprint density at radius 3 is 2.37 bits per heavy atom. The smallest absolute Gasteiger partial charge is 0.409 e. The zero-order valence-electron chi connectivity index (χ0n) is 16.0. The van der Waals surface area contributed by atoms with Crippen molar-refractivity contribution in [1.82, 2.24) is 19.8 Å². The fourth-order valence-electron chi connectivity index (χ4n) is 2.73. The standard InChI is InChI=1S/C17H26ClN5O3S/c1-4-21(5-2)14-11-13(18)19-16(20-14)27-12-15(24)22-7-9-23(10-8-22)17(25)26-6-3/h11H,4-10,12H2,1-3H3. The van der Waals surface area contributed by atoms with Crippen molar-refractivity contribution < 1.29 is 14.3 Å². The molecule has 1 aliphatic heterocycles. The predicted octanol–water partition coefficient (Wildman–Crippen LogP) is 2.37. The second-order valence-electron chi connectivity index (χ2n) is 5.86. The average Bonchev–Trinajstić information content (AvgIpc) is 2.67. The molecule has 0 saturated carbocycles. The van der Waals surface area contributed by atoms with Gasteiger partial charge in [-0.2, -0.15) is 0 Å². The van der Waals surface area contributed by atoms with Crippen LogP contribution in [0.25, 0.3) is 0 Å². The first kappa shape index (κ1) is 21.6. The van der Waals surface area contributed by atoms with Crippen molar-refractivity contribution in [3.63, 3.8) is 0 Å². The number of aromatic nitrogens is 2. The quantitative estimate of drug-likeness (QED) is 0.384. The van der Waals surface area contributed by atoms with E-state index in [1.54, 1.807) is 22.8 Å². The molecule has 0 aliphatic carbocycles. The van der Waals surface area contributed by atoms with Crippen LogP contribution in [0.4, 0.5) is 10.6 Å². The third-order valence-corrected chi connectivity index (χ3v) is 5.26. The van der Waals surface area contributed by atoms with Crippen molar-refractivity contribution in [1.29, 1.82) is 0 Å². The van der Waals surface area contributed by atoms with Gasteiger partial charge in [-0.3, -0.25) is 4.79 Å². The monoisotopic (exact) mass is 415 g/mol. The van der Waals surface area contributed by atoms with Gasteiger partial charge in [0.15, 0.2) is 5.16 Å². The summed E-state index contributed by atoms with van der Waals surface area (Å²) in [7, 11) is 0. The van der Waals surface area contributed by atoms with E-state index in [2.05, 4.69) is 14.9 Å². The van der Waals surface area contributed by atoms with Crippen LogP contribution in [0.1, 0.15) is 20.8 Å². The molecule has 1 fully saturated rings. The summed E-state index contributed by atoms with van der Waals surface area (Å²) < 4.78 is 4.99. The van der Waals surface area contributed by atoms with Gasteiger partial charge in [-0.1, -0.05) is 23.4 Å². The van der Waals surface area contributed by atoms with Crippen molar-refractivity contribution in [2.75, 3.05) is 56.5 Å². The van der Waals surface area contributed by atoms with Crippen LogP contribution in [0.15, 0.2) is 11.2 Å². The SMILES string of the molecule is CCOC(=O)N1CCN(C(=O)CSc2nc(Cl)cc(N(CC)CC)n2)CC1. The normalized spacial score (nSPS) is 14.2. The first-order valence-electron chi connectivity index (χ1n) is 9.10. The Kier molecular flexibility index (Phi) is 8.43. The van der Waals surface area contributed by atoms with Crippen LogP contribution < -0.4 is 4.90 Å². The van der Waals surface area contributed by atoms with Gasteiger partial charge in [-0.25, -0.2) is 14.8 Å². The van der Waals surface area contributed by atoms with Gasteiger partial charge in [0.05, 0.1) is 12.4 Å². The van der Waals surface area contributed by atoms with Crippen molar-refractivity contribution in [3.05, 3.63) is 11.2 Å². The zero-order valence-corrected chi connectivity index (χ0v) is 17.6. The fourth-order valence-corrected chi connectivity index (χ4v) is 3.71. The molecule has 0 N–H and O–H groups in total. The van der Waals surface area contributed by atoms with Gasteiger partial charge in [-0.05, 0) is 20.8 Å². The number of nitrogens with zero attached hydrogens (tertiary/aromatic N) is 5. The Balaban J connectivity index is 1.88. The van der Waals surface area contributed by atoms with E-state index < -0.39 is 0 Å². The van der Waals surface area contributed by atoms with Crippen molar-refractivity contribution in [2.45, 2.75) is 25.9 Å². The number of carbonyl (C=O) groups is 2. The van der Waals surface area contributed by atoms with E-state index in [1.807, 2.05) is 13.8 Å². The maximum Gasteiger partial charge on any atom is 0.409 e. The molecule has 150 valence electrons. The number of hydrogen-bond donors (Lipinski definition) is 0. The van der Waals surface area contributed by atoms with Crippen LogP contribution in [0.3, 0.4) is 0 Å². The first-order valence-corrected chi connectivity index (χ1v) is 10.5. The van der Waals surface area contributed by atoms with E-state index in [0.717, 1.165) is 18.9 Å². The molecular weight excluding hydrogens is 390 g/mol. The number of piperazine rings is 1. The Hall–Kier alpha value is -1.74. The lowest BCUT2D eigenvalue weighted by Gasteiger charge is -2.34. The Bertz CT molecular complexity index is 651. The summed E-state index contributed by atoms with van der Waals surface area (Å²) in [5.41, 5.74) is 0. The minimum atomic E-state index is -0.324. The summed E-state index contributed by atoms with van der Waals surface area (Å²) in [6.45, 7) is 9.82. The molecule has 0 spiro atoms. The van der Waals surface area contributed by atoms with Gasteiger partial charge in [0.25, 0.3) is 0 Å². The lowest BCUT2D eigenvalue weighted by molar-refractivity contribution is -0.129. The van der Waals surface area contributed by atoms with E-state index in [0.29, 0.717) is 43.1 Å². The molecule has 0 radical (unpaired) electrons. The lowest BCUT2D eigenvalue weighted by atomic mass is 10.3. The van der Waals surface area contributed by atoms with E-state index in [1.165, 1.54) is 11.8 Å². The summed E-state index contributed by atoms with van der Waals surface area (Å²) in [4.78, 5) is 38.3. The Morgan fingerprint density at radius 2 is 1.78 bits per heavy atom. The van der Waals surface area contributed by atoms with Gasteiger partial charge in [-0.15, -0.1) is 0 Å². The van der Waals surface area contributed by atoms with Crippen LogP contribution in [-0.4, -0.2) is 83.4 Å². The third-order valence-electron chi connectivity index (χ3n) is 4.23. The molecule has 27 heavy (non-hydrogen) atoms. The molecule has 2 amide bonds. The highest BCUT2D eigenvalue weighted by Crippen LogP contribution is 2.22. The summed E-state index contributed by atoms with van der Waals surface area (Å²) in [5, 5.41) is 0.854. The molecule has 2 rings (SSSR count). The van der Waals surface area contributed by atoms with Crippen molar-refractivity contribution >= 4 is 41.2 Å². The van der Waals surface area contributed by atoms with Gasteiger partial charge < -0.3 is 19.4 Å². The molecule has 0 aromatic carbocycles. The van der Waals surface area contributed by atoms with Crippen LogP contribution in [0, 0.1) is 0 Å². The second-order valence-corrected chi connectivity index (χ2v) is 7.19. The number of hydrogen-bond acceptors (Lipinski definition) is 7. The van der Waals surface area contributed by atoms with Crippen LogP contribution >= 0.6 is 23.4 Å². The Morgan fingerprint density at radius 1 is 1.15 bits per heavy atom. The molecule has 1 aromatic heterocycles. The van der Waals surface area contributed by atoms with Gasteiger partial charge >= 0.3 is 6.09 Å². The number of ether oxygens (including phenoxy) is 1. The highest BCUT2D eigenvalue weighted by Gasteiger charge is 2.25. The molecule has 8 nitrogen and oxygen atoms in total. The van der Waals surface area contributed by atoms with Crippen molar-refractivity contribution in [2.24, 2.45) is 0 Å². The van der Waals surface area contributed by atoms with Gasteiger partial charge in [0.1, 0.15) is 11.0 Å². The minimum Gasteiger partial charge on any atom is -0.450 e. The highest BCUT2D eigenvalue weighted by atomic mass is 35.5. The fraction of sp³-hybridized carbons (Fsp3) is 0.647. The van der Waals surface area contributed by atoms with Gasteiger partial charge in [0, 0.05) is 45.3 Å². The first-order chi connectivity index (χ1) is 13.0. The second kappa shape index (κ2) is 10.6. The number of carbonyl (C=O) groups excluding carboxylic acids is 2. The number of anilines is 1. The molecule has 2 heterocycles. The molecule has 0 bridgehead atoms. The summed E-state index contributed by atoms with van der Waals surface area (Å²) in [6, 6.07) is 1.73. The molecule has 1 aliphatic rings. The molecule has 1 aromatic rings. The van der Waals surface area contributed by atoms with E-state index >= 15 is 0 Å². The van der Waals surface area contributed by atoms with E-state index in [9.17, 15) is 9.59 Å². The minimum absolute atomic E-state index is 0.00327. The van der Waals surface area contributed by atoms with Crippen LogP contribution in [0.5, 0.6) is 0 Å². The maximum absolute atomic E-state index is 12.5. The molecule has 1 saturated heterocycles. The predicted molar refractivity (Wildman–Crippen MR) is 107 cm³/mol. The number of thioether (sulfide) groups is 1. The van der Waals surface area contributed by atoms with E-state index in [4.69, 9.17) is 16.3 Å². The average molecular weight is 416 g/mol. The lowest BCUT2D eigenvalue weighted by Crippen LogP contribution is -2.51. The summed E-state index contributed by atoms with van der Waals surface area (Å²) in [5.74, 6) is 0.992. The molecule has 0 atom stereocenters. The number of rotatable bonds is 7. The third kappa shape index (κ3) is 6.14. The van der Waals surface area contributed by atoms with Crippen LogP contribution in [0.2, 0.25) is 5.15 Å². The summed E-state index contributed by atoms with van der Waals surface area (Å²) in [6.07, 6.45) is -0.324. The zero-order chi connectivity index (χ0) is 19.8. The highest BCUT2D eigenvalue weighted by molar-refractivity contribution is 7.99. The summed E-state index contributed by atoms with van der Waals surface area (Å²) >= 11 is 7.38. The number of halogens is 1. The number of amides is 2. The Labute approximate surface area is 169 Å². The molecular formula is C17H26ClN5O3S. The van der Waals surface area contributed by atoms with E-state index in [-0.39, 0.29) is 17.8 Å². The van der Waals surface area contributed by atoms with Crippen molar-refractivity contribution in [3.8, 4) is 0 Å². The maximum atomic E-state index is 12.5. The van der Waals surface area contributed by atoms with Crippen LogP contribution in [-0.2, 0) is 9.53 Å². The largest absolute Gasteiger partial charge is 0.450 e. The molecule has 0 unspecified atom stereocenters.